The molecule has 7 nitrogen and oxygen atoms in total. The second-order valence-electron chi connectivity index (χ2n) is 5.91. The Labute approximate surface area is 170 Å². The number of aromatic nitrogens is 1. The fourth-order valence-corrected chi connectivity index (χ4v) is 3.63. The van der Waals surface area contributed by atoms with E-state index >= 15 is 0 Å². The fraction of sp³-hybridized carbons (Fsp3) is 0.0952. The average Bonchev–Trinajstić information content (AvgIpc) is 3.42. The predicted molar refractivity (Wildman–Crippen MR) is 112 cm³/mol. The highest BCUT2D eigenvalue weighted by Crippen LogP contribution is 2.32. The Balaban J connectivity index is 1.76. The minimum absolute atomic E-state index is 0.354. The number of furan rings is 1. The van der Waals surface area contributed by atoms with Gasteiger partial charge in [0.15, 0.2) is 11.5 Å². The van der Waals surface area contributed by atoms with Crippen LogP contribution in [-0.2, 0) is 0 Å². The standard InChI is InChI=1S/C21H17N3O4S/c1-26-17-10-9-14(12-18(17)27-2)20(25)24(22-13-15-6-5-11-28-15)21-23-16-7-3-4-8-19(16)29-21/h3-13H,1-2H3/b22-13+. The van der Waals surface area contributed by atoms with Crippen molar-refractivity contribution in [1.82, 2.24) is 4.98 Å². The van der Waals surface area contributed by atoms with E-state index in [1.54, 1.807) is 43.7 Å². The van der Waals surface area contributed by atoms with Gasteiger partial charge < -0.3 is 13.9 Å². The highest BCUT2D eigenvalue weighted by Gasteiger charge is 2.22. The average molecular weight is 407 g/mol. The molecule has 0 saturated carbocycles. The summed E-state index contributed by atoms with van der Waals surface area (Å²) in [6.45, 7) is 0. The molecule has 1 amide bonds. The minimum atomic E-state index is -0.354. The molecule has 0 fully saturated rings. The van der Waals surface area contributed by atoms with Crippen molar-refractivity contribution >= 4 is 38.8 Å². The quantitative estimate of drug-likeness (QED) is 0.345. The van der Waals surface area contributed by atoms with Gasteiger partial charge in [0.1, 0.15) is 5.76 Å². The van der Waals surface area contributed by atoms with E-state index in [1.165, 1.54) is 29.7 Å². The van der Waals surface area contributed by atoms with E-state index in [-0.39, 0.29) is 5.91 Å². The van der Waals surface area contributed by atoms with Gasteiger partial charge in [-0.1, -0.05) is 23.5 Å². The van der Waals surface area contributed by atoms with Crippen LogP contribution in [0.2, 0.25) is 0 Å². The van der Waals surface area contributed by atoms with Gasteiger partial charge >= 0.3 is 0 Å². The zero-order valence-corrected chi connectivity index (χ0v) is 16.6. The van der Waals surface area contributed by atoms with Crippen molar-refractivity contribution in [1.29, 1.82) is 0 Å². The highest BCUT2D eigenvalue weighted by molar-refractivity contribution is 7.22. The van der Waals surface area contributed by atoms with Crippen LogP contribution in [0.5, 0.6) is 11.5 Å². The lowest BCUT2D eigenvalue weighted by Crippen LogP contribution is -2.25. The minimum Gasteiger partial charge on any atom is -0.493 e. The molecule has 0 atom stereocenters. The van der Waals surface area contributed by atoms with E-state index in [4.69, 9.17) is 13.9 Å². The van der Waals surface area contributed by atoms with E-state index < -0.39 is 0 Å². The summed E-state index contributed by atoms with van der Waals surface area (Å²) in [4.78, 5) is 17.9. The molecule has 0 unspecified atom stereocenters. The zero-order chi connectivity index (χ0) is 20.2. The molecule has 2 aromatic heterocycles. The largest absolute Gasteiger partial charge is 0.493 e. The zero-order valence-electron chi connectivity index (χ0n) is 15.7. The van der Waals surface area contributed by atoms with Gasteiger partial charge in [0.25, 0.3) is 5.91 Å². The molecule has 4 rings (SSSR count). The normalized spacial score (nSPS) is 11.1. The van der Waals surface area contributed by atoms with Gasteiger partial charge in [-0.3, -0.25) is 4.79 Å². The number of rotatable bonds is 6. The van der Waals surface area contributed by atoms with Gasteiger partial charge in [0, 0.05) is 5.56 Å². The highest BCUT2D eigenvalue weighted by atomic mass is 32.1. The Bertz CT molecular complexity index is 1130. The van der Waals surface area contributed by atoms with Crippen LogP contribution in [0.1, 0.15) is 16.1 Å². The molecule has 4 aromatic rings. The maximum atomic E-state index is 13.3. The Kier molecular flexibility index (Phi) is 5.26. The summed E-state index contributed by atoms with van der Waals surface area (Å²) < 4.78 is 16.8. The number of ether oxygens (including phenoxy) is 2. The van der Waals surface area contributed by atoms with Gasteiger partial charge in [-0.2, -0.15) is 10.1 Å². The molecule has 0 aliphatic rings. The molecule has 2 heterocycles. The van der Waals surface area contributed by atoms with Crippen molar-refractivity contribution in [3.05, 3.63) is 72.2 Å². The number of para-hydroxylation sites is 1. The summed E-state index contributed by atoms with van der Waals surface area (Å²) in [7, 11) is 3.06. The van der Waals surface area contributed by atoms with Gasteiger partial charge in [-0.15, -0.1) is 0 Å². The van der Waals surface area contributed by atoms with Crippen LogP contribution < -0.4 is 14.5 Å². The van der Waals surface area contributed by atoms with Crippen LogP contribution in [0.15, 0.2) is 70.4 Å². The van der Waals surface area contributed by atoms with Crippen molar-refractivity contribution in [2.24, 2.45) is 5.10 Å². The summed E-state index contributed by atoms with van der Waals surface area (Å²) in [5, 5.41) is 6.06. The van der Waals surface area contributed by atoms with Crippen LogP contribution in [0.4, 0.5) is 5.13 Å². The number of benzene rings is 2. The molecule has 0 bridgehead atoms. The lowest BCUT2D eigenvalue weighted by molar-refractivity contribution is 0.0987. The summed E-state index contributed by atoms with van der Waals surface area (Å²) in [5.41, 5.74) is 1.18. The van der Waals surface area contributed by atoms with Crippen molar-refractivity contribution in [3.63, 3.8) is 0 Å². The number of nitrogens with zero attached hydrogens (tertiary/aromatic N) is 3. The molecular formula is C21H17N3O4S. The predicted octanol–water partition coefficient (Wildman–Crippen LogP) is 4.59. The smallest absolute Gasteiger partial charge is 0.280 e. The molecule has 0 spiro atoms. The molecule has 29 heavy (non-hydrogen) atoms. The number of methoxy groups -OCH3 is 2. The number of fused-ring (bicyclic) bond motifs is 1. The first-order valence-electron chi connectivity index (χ1n) is 8.69. The number of carbonyl (C=O) groups is 1. The number of anilines is 1. The lowest BCUT2D eigenvalue weighted by Gasteiger charge is -2.15. The summed E-state index contributed by atoms with van der Waals surface area (Å²) in [6.07, 6.45) is 3.02. The summed E-state index contributed by atoms with van der Waals surface area (Å²) in [6, 6.07) is 16.1. The molecule has 0 aliphatic heterocycles. The number of hydrogen-bond acceptors (Lipinski definition) is 7. The monoisotopic (exact) mass is 407 g/mol. The third-order valence-electron chi connectivity index (χ3n) is 4.13. The van der Waals surface area contributed by atoms with Crippen molar-refractivity contribution in [2.75, 3.05) is 19.2 Å². The first-order valence-corrected chi connectivity index (χ1v) is 9.51. The topological polar surface area (TPSA) is 77.2 Å². The van der Waals surface area contributed by atoms with Gasteiger partial charge in [0.2, 0.25) is 5.13 Å². The molecular weight excluding hydrogens is 390 g/mol. The van der Waals surface area contributed by atoms with E-state index in [0.717, 1.165) is 10.2 Å². The van der Waals surface area contributed by atoms with Crippen LogP contribution in [0.3, 0.4) is 0 Å². The third-order valence-corrected chi connectivity index (χ3v) is 5.14. The molecule has 146 valence electrons. The third kappa shape index (κ3) is 3.83. The van der Waals surface area contributed by atoms with E-state index in [9.17, 15) is 4.79 Å². The number of hydrazone groups is 1. The number of hydrogen-bond donors (Lipinski definition) is 0. The maximum absolute atomic E-state index is 13.3. The summed E-state index contributed by atoms with van der Waals surface area (Å²) >= 11 is 1.38. The Morgan fingerprint density at radius 3 is 2.66 bits per heavy atom. The first-order chi connectivity index (χ1) is 14.2. The van der Waals surface area contributed by atoms with Crippen molar-refractivity contribution in [2.45, 2.75) is 0 Å². The second-order valence-corrected chi connectivity index (χ2v) is 6.92. The number of thiazole rings is 1. The molecule has 2 aromatic carbocycles. The number of amides is 1. The molecule has 0 saturated heterocycles. The lowest BCUT2D eigenvalue weighted by atomic mass is 10.2. The Morgan fingerprint density at radius 2 is 1.93 bits per heavy atom. The van der Waals surface area contributed by atoms with Crippen LogP contribution >= 0.6 is 11.3 Å². The Morgan fingerprint density at radius 1 is 1.10 bits per heavy atom. The van der Waals surface area contributed by atoms with Crippen molar-refractivity contribution < 1.29 is 18.7 Å². The van der Waals surface area contributed by atoms with Crippen LogP contribution in [0.25, 0.3) is 10.2 Å². The summed E-state index contributed by atoms with van der Waals surface area (Å²) in [5.74, 6) is 1.16. The van der Waals surface area contributed by atoms with E-state index in [1.807, 2.05) is 24.3 Å². The number of carbonyl (C=O) groups excluding carboxylic acids is 1. The molecule has 0 radical (unpaired) electrons. The molecule has 0 N–H and O–H groups in total. The van der Waals surface area contributed by atoms with Gasteiger partial charge in [-0.25, -0.2) is 4.98 Å². The maximum Gasteiger partial charge on any atom is 0.280 e. The molecule has 0 aliphatic carbocycles. The van der Waals surface area contributed by atoms with Gasteiger partial charge in [0.05, 0.1) is 36.9 Å². The fourth-order valence-electron chi connectivity index (χ4n) is 2.71. The van der Waals surface area contributed by atoms with Crippen LogP contribution in [-0.4, -0.2) is 31.3 Å². The van der Waals surface area contributed by atoms with Crippen LogP contribution in [0, 0.1) is 0 Å². The molecule has 8 heteroatoms. The van der Waals surface area contributed by atoms with E-state index in [2.05, 4.69) is 10.1 Å². The first kappa shape index (κ1) is 18.7. The van der Waals surface area contributed by atoms with E-state index in [0.29, 0.717) is 28.0 Å². The SMILES string of the molecule is COc1ccc(C(=O)N(/N=C/c2ccco2)c2nc3ccccc3s2)cc1OC. The second kappa shape index (κ2) is 8.15. The Hall–Kier alpha value is -3.65. The van der Waals surface area contributed by atoms with Gasteiger partial charge in [-0.05, 0) is 42.5 Å². The van der Waals surface area contributed by atoms with Crippen molar-refractivity contribution in [3.8, 4) is 11.5 Å².